The lowest BCUT2D eigenvalue weighted by Gasteiger charge is -2.18. The molecule has 0 unspecified atom stereocenters. The van der Waals surface area contributed by atoms with Gasteiger partial charge in [0.15, 0.2) is 6.10 Å². The van der Waals surface area contributed by atoms with Gasteiger partial charge in [0.2, 0.25) is 0 Å². The first-order chi connectivity index (χ1) is 13.7. The highest BCUT2D eigenvalue weighted by atomic mass is 32.2. The SMILES string of the molecule is CC(C)OC(=O)[C@@H](CCCc1ccccc1)OS(=O)(=O)c1cccc([N+](=O)[O-])c1. The lowest BCUT2D eigenvalue weighted by atomic mass is 10.1. The predicted octanol–water partition coefficient (Wildman–Crippen LogP) is 3.64. The summed E-state index contributed by atoms with van der Waals surface area (Å²) in [4.78, 5) is 22.2. The van der Waals surface area contributed by atoms with Crippen molar-refractivity contribution in [3.8, 4) is 0 Å². The molecule has 0 aliphatic heterocycles. The number of carbonyl (C=O) groups excluding carboxylic acids is 1. The van der Waals surface area contributed by atoms with Crippen molar-refractivity contribution >= 4 is 21.8 Å². The van der Waals surface area contributed by atoms with Gasteiger partial charge < -0.3 is 4.74 Å². The van der Waals surface area contributed by atoms with Crippen LogP contribution in [0, 0.1) is 10.1 Å². The van der Waals surface area contributed by atoms with Gasteiger partial charge in [-0.2, -0.15) is 8.42 Å². The van der Waals surface area contributed by atoms with E-state index in [2.05, 4.69) is 0 Å². The molecule has 9 heteroatoms. The Kier molecular flexibility index (Phi) is 7.86. The molecule has 0 bridgehead atoms. The van der Waals surface area contributed by atoms with Gasteiger partial charge in [0.05, 0.1) is 11.0 Å². The van der Waals surface area contributed by atoms with Crippen molar-refractivity contribution in [3.05, 3.63) is 70.3 Å². The van der Waals surface area contributed by atoms with Gasteiger partial charge in [-0.1, -0.05) is 36.4 Å². The Balaban J connectivity index is 2.15. The summed E-state index contributed by atoms with van der Waals surface area (Å²) in [5, 5.41) is 10.9. The maximum absolute atomic E-state index is 12.6. The van der Waals surface area contributed by atoms with E-state index in [4.69, 9.17) is 8.92 Å². The topological polar surface area (TPSA) is 113 Å². The third kappa shape index (κ3) is 6.95. The fourth-order valence-electron chi connectivity index (χ4n) is 2.61. The zero-order valence-corrected chi connectivity index (χ0v) is 17.0. The fourth-order valence-corrected chi connectivity index (χ4v) is 3.71. The summed E-state index contributed by atoms with van der Waals surface area (Å²) in [7, 11) is -4.40. The number of carbonyl (C=O) groups is 1. The molecule has 0 fully saturated rings. The number of hydrogen-bond donors (Lipinski definition) is 0. The van der Waals surface area contributed by atoms with Crippen molar-refractivity contribution in [3.63, 3.8) is 0 Å². The van der Waals surface area contributed by atoms with Gasteiger partial charge in [-0.25, -0.2) is 4.79 Å². The smallest absolute Gasteiger partial charge is 0.337 e. The summed E-state index contributed by atoms with van der Waals surface area (Å²) >= 11 is 0. The van der Waals surface area contributed by atoms with Crippen molar-refractivity contribution in [1.29, 1.82) is 0 Å². The van der Waals surface area contributed by atoms with Crippen LogP contribution in [0.15, 0.2) is 59.5 Å². The van der Waals surface area contributed by atoms with Crippen LogP contribution < -0.4 is 0 Å². The van der Waals surface area contributed by atoms with Gasteiger partial charge in [-0.05, 0) is 44.7 Å². The van der Waals surface area contributed by atoms with E-state index in [9.17, 15) is 23.3 Å². The molecule has 0 aliphatic carbocycles. The molecule has 2 rings (SSSR count). The highest BCUT2D eigenvalue weighted by Crippen LogP contribution is 2.22. The van der Waals surface area contributed by atoms with Crippen molar-refractivity contribution in [1.82, 2.24) is 0 Å². The molecular formula is C20H23NO7S. The summed E-state index contributed by atoms with van der Waals surface area (Å²) in [5.41, 5.74) is 0.657. The summed E-state index contributed by atoms with van der Waals surface area (Å²) in [6, 6.07) is 14.0. The van der Waals surface area contributed by atoms with Crippen LogP contribution in [0.3, 0.4) is 0 Å². The van der Waals surface area contributed by atoms with Crippen molar-refractivity contribution < 1.29 is 27.1 Å². The molecule has 0 spiro atoms. The Morgan fingerprint density at radius 1 is 1.10 bits per heavy atom. The second-order valence-corrected chi connectivity index (χ2v) is 8.23. The molecule has 8 nitrogen and oxygen atoms in total. The van der Waals surface area contributed by atoms with Crippen LogP contribution in [0.1, 0.15) is 32.3 Å². The molecule has 0 N–H and O–H groups in total. The number of aryl methyl sites for hydroxylation is 1. The van der Waals surface area contributed by atoms with E-state index in [0.29, 0.717) is 12.8 Å². The van der Waals surface area contributed by atoms with E-state index >= 15 is 0 Å². The average molecular weight is 421 g/mol. The fraction of sp³-hybridized carbons (Fsp3) is 0.350. The Bertz CT molecular complexity index is 942. The van der Waals surface area contributed by atoms with Gasteiger partial charge >= 0.3 is 5.97 Å². The number of rotatable bonds is 10. The summed E-state index contributed by atoms with van der Waals surface area (Å²) in [5.74, 6) is -0.790. The van der Waals surface area contributed by atoms with E-state index in [1.54, 1.807) is 13.8 Å². The first-order valence-corrected chi connectivity index (χ1v) is 10.5. The summed E-state index contributed by atoms with van der Waals surface area (Å²) in [6.07, 6.45) is -0.540. The number of benzene rings is 2. The second kappa shape index (κ2) is 10.1. The van der Waals surface area contributed by atoms with Crippen molar-refractivity contribution in [2.45, 2.75) is 50.2 Å². The molecule has 2 aromatic rings. The predicted molar refractivity (Wildman–Crippen MR) is 106 cm³/mol. The van der Waals surface area contributed by atoms with Crippen molar-refractivity contribution in [2.75, 3.05) is 0 Å². The average Bonchev–Trinajstić information content (AvgIpc) is 2.67. The van der Waals surface area contributed by atoms with Gasteiger partial charge in [-0.15, -0.1) is 0 Å². The first kappa shape index (κ1) is 22.5. The molecular weight excluding hydrogens is 398 g/mol. The quantitative estimate of drug-likeness (QED) is 0.249. The van der Waals surface area contributed by atoms with Crippen LogP contribution in [-0.2, 0) is 30.3 Å². The minimum absolute atomic E-state index is 0.120. The molecule has 0 radical (unpaired) electrons. The van der Waals surface area contributed by atoms with Crippen LogP contribution in [-0.4, -0.2) is 31.5 Å². The first-order valence-electron chi connectivity index (χ1n) is 9.11. The van der Waals surface area contributed by atoms with Gasteiger partial charge in [-0.3, -0.25) is 14.3 Å². The van der Waals surface area contributed by atoms with Gasteiger partial charge in [0, 0.05) is 12.1 Å². The van der Waals surface area contributed by atoms with E-state index in [1.165, 1.54) is 18.2 Å². The van der Waals surface area contributed by atoms with Crippen LogP contribution in [0.5, 0.6) is 0 Å². The molecule has 0 aliphatic rings. The number of nitro benzene ring substituents is 1. The molecule has 0 saturated heterocycles. The van der Waals surface area contributed by atoms with E-state index in [1.807, 2.05) is 30.3 Å². The Labute approximate surface area is 169 Å². The molecule has 29 heavy (non-hydrogen) atoms. The van der Waals surface area contributed by atoms with Crippen LogP contribution in [0.25, 0.3) is 0 Å². The van der Waals surface area contributed by atoms with Crippen LogP contribution >= 0.6 is 0 Å². The normalized spacial score (nSPS) is 12.5. The van der Waals surface area contributed by atoms with E-state index in [0.717, 1.165) is 11.6 Å². The third-order valence-electron chi connectivity index (χ3n) is 3.95. The second-order valence-electron chi connectivity index (χ2n) is 6.66. The maximum Gasteiger partial charge on any atom is 0.337 e. The number of ether oxygens (including phenoxy) is 1. The summed E-state index contributed by atoms with van der Waals surface area (Å²) in [6.45, 7) is 3.29. The molecule has 0 amide bonds. The van der Waals surface area contributed by atoms with Crippen LogP contribution in [0.2, 0.25) is 0 Å². The third-order valence-corrected chi connectivity index (χ3v) is 5.27. The molecule has 2 aromatic carbocycles. The number of esters is 1. The van der Waals surface area contributed by atoms with E-state index < -0.39 is 38.1 Å². The molecule has 0 saturated carbocycles. The van der Waals surface area contributed by atoms with E-state index in [-0.39, 0.29) is 12.1 Å². The number of hydrogen-bond acceptors (Lipinski definition) is 7. The monoisotopic (exact) mass is 421 g/mol. The lowest BCUT2D eigenvalue weighted by molar-refractivity contribution is -0.385. The molecule has 0 heterocycles. The molecule has 0 aromatic heterocycles. The molecule has 156 valence electrons. The van der Waals surface area contributed by atoms with Crippen LogP contribution in [0.4, 0.5) is 5.69 Å². The standard InChI is InChI=1S/C20H23NO7S/c1-15(2)27-20(22)19(13-6-10-16-8-4-3-5-9-16)28-29(25,26)18-12-7-11-17(14-18)21(23)24/h3-5,7-9,11-12,14-15,19H,6,10,13H2,1-2H3/t19-/m1/s1. The molecule has 1 atom stereocenters. The number of non-ortho nitro benzene ring substituents is 1. The summed E-state index contributed by atoms with van der Waals surface area (Å²) < 4.78 is 35.4. The Morgan fingerprint density at radius 3 is 2.41 bits per heavy atom. The lowest BCUT2D eigenvalue weighted by Crippen LogP contribution is -2.31. The largest absolute Gasteiger partial charge is 0.461 e. The highest BCUT2D eigenvalue weighted by molar-refractivity contribution is 7.86. The number of nitro groups is 1. The number of nitrogens with zero attached hydrogens (tertiary/aromatic N) is 1. The zero-order valence-electron chi connectivity index (χ0n) is 16.2. The van der Waals surface area contributed by atoms with Gasteiger partial charge in [0.1, 0.15) is 4.90 Å². The zero-order chi connectivity index (χ0) is 21.4. The minimum Gasteiger partial charge on any atom is -0.461 e. The minimum atomic E-state index is -4.40. The Hall–Kier alpha value is -2.78. The van der Waals surface area contributed by atoms with Gasteiger partial charge in [0.25, 0.3) is 15.8 Å². The van der Waals surface area contributed by atoms with Crippen molar-refractivity contribution in [2.24, 2.45) is 0 Å². The Morgan fingerprint density at radius 2 is 1.79 bits per heavy atom. The highest BCUT2D eigenvalue weighted by Gasteiger charge is 2.30. The maximum atomic E-state index is 12.6.